The molecule has 0 amide bonds. The van der Waals surface area contributed by atoms with Crippen molar-refractivity contribution >= 4 is 5.95 Å². The van der Waals surface area contributed by atoms with E-state index in [2.05, 4.69) is 32.0 Å². The lowest BCUT2D eigenvalue weighted by atomic mass is 10.1. The smallest absolute Gasteiger partial charge is 0.225 e. The molecule has 1 saturated heterocycles. The van der Waals surface area contributed by atoms with Crippen LogP contribution in [0.25, 0.3) is 11.3 Å². The molecule has 26 heavy (non-hydrogen) atoms. The second-order valence-electron chi connectivity index (χ2n) is 6.80. The molecule has 6 nitrogen and oxygen atoms in total. The topological polar surface area (TPSA) is 58.3 Å². The summed E-state index contributed by atoms with van der Waals surface area (Å²) in [7, 11) is 2.05. The Kier molecular flexibility index (Phi) is 4.93. The van der Waals surface area contributed by atoms with Crippen molar-refractivity contribution in [3.05, 3.63) is 60.1 Å². The Balaban J connectivity index is 1.35. The van der Waals surface area contributed by atoms with Crippen LogP contribution in [0, 0.1) is 0 Å². The SMILES string of the molecule is CN(Cc1cnc(N2CCCC2)nc1)Cc1cc(-c2ccccc2)no1. The van der Waals surface area contributed by atoms with E-state index in [0.29, 0.717) is 6.54 Å². The Morgan fingerprint density at radius 1 is 1.04 bits per heavy atom. The van der Waals surface area contributed by atoms with Gasteiger partial charge >= 0.3 is 0 Å². The highest BCUT2D eigenvalue weighted by molar-refractivity contribution is 5.58. The van der Waals surface area contributed by atoms with E-state index >= 15 is 0 Å². The molecule has 6 heteroatoms. The van der Waals surface area contributed by atoms with Crippen LogP contribution in [0.1, 0.15) is 24.2 Å². The van der Waals surface area contributed by atoms with E-state index in [1.807, 2.05) is 48.8 Å². The van der Waals surface area contributed by atoms with Crippen LogP contribution in [0.4, 0.5) is 5.95 Å². The zero-order chi connectivity index (χ0) is 17.8. The molecule has 0 bridgehead atoms. The zero-order valence-corrected chi connectivity index (χ0v) is 15.0. The zero-order valence-electron chi connectivity index (χ0n) is 15.0. The Labute approximate surface area is 153 Å². The molecule has 0 N–H and O–H groups in total. The van der Waals surface area contributed by atoms with Gasteiger partial charge in [-0.3, -0.25) is 4.90 Å². The molecule has 3 aromatic rings. The molecule has 3 heterocycles. The van der Waals surface area contributed by atoms with Crippen molar-refractivity contribution in [3.63, 3.8) is 0 Å². The molecule has 1 aromatic carbocycles. The normalized spacial score (nSPS) is 14.3. The molecule has 0 aliphatic carbocycles. The molecule has 0 unspecified atom stereocenters. The molecule has 4 rings (SSSR count). The van der Waals surface area contributed by atoms with Gasteiger partial charge in [-0.05, 0) is 19.9 Å². The second-order valence-corrected chi connectivity index (χ2v) is 6.80. The lowest BCUT2D eigenvalue weighted by Crippen LogP contribution is -2.21. The van der Waals surface area contributed by atoms with Crippen molar-refractivity contribution < 1.29 is 4.52 Å². The van der Waals surface area contributed by atoms with Crippen molar-refractivity contribution in [3.8, 4) is 11.3 Å². The molecule has 0 spiro atoms. The lowest BCUT2D eigenvalue weighted by Gasteiger charge is -2.17. The third kappa shape index (κ3) is 3.91. The maximum absolute atomic E-state index is 5.48. The minimum Gasteiger partial charge on any atom is -0.359 e. The van der Waals surface area contributed by atoms with E-state index in [9.17, 15) is 0 Å². The van der Waals surface area contributed by atoms with E-state index in [4.69, 9.17) is 4.52 Å². The Morgan fingerprint density at radius 3 is 2.50 bits per heavy atom. The van der Waals surface area contributed by atoms with Crippen molar-refractivity contribution in [2.75, 3.05) is 25.0 Å². The summed E-state index contributed by atoms with van der Waals surface area (Å²) in [6, 6.07) is 12.1. The van der Waals surface area contributed by atoms with Gasteiger partial charge in [0.25, 0.3) is 0 Å². The predicted octanol–water partition coefficient (Wildman–Crippen LogP) is 3.36. The number of rotatable bonds is 6. The summed E-state index contributed by atoms with van der Waals surface area (Å²) in [6.45, 7) is 3.58. The minimum atomic E-state index is 0.688. The van der Waals surface area contributed by atoms with Gasteiger partial charge in [-0.25, -0.2) is 9.97 Å². The van der Waals surface area contributed by atoms with Crippen LogP contribution in [0.3, 0.4) is 0 Å². The van der Waals surface area contributed by atoms with Crippen molar-refractivity contribution in [1.82, 2.24) is 20.0 Å². The van der Waals surface area contributed by atoms with Crippen LogP contribution in [0.15, 0.2) is 53.3 Å². The van der Waals surface area contributed by atoms with Gasteiger partial charge in [-0.1, -0.05) is 35.5 Å². The number of aromatic nitrogens is 3. The first-order chi connectivity index (χ1) is 12.8. The van der Waals surface area contributed by atoms with Crippen LogP contribution in [-0.4, -0.2) is 40.2 Å². The van der Waals surface area contributed by atoms with Gasteiger partial charge in [0.15, 0.2) is 5.76 Å². The van der Waals surface area contributed by atoms with E-state index in [1.54, 1.807) is 0 Å². The third-order valence-corrected chi connectivity index (χ3v) is 4.59. The fraction of sp³-hybridized carbons (Fsp3) is 0.350. The molecule has 1 fully saturated rings. The monoisotopic (exact) mass is 349 g/mol. The van der Waals surface area contributed by atoms with E-state index in [0.717, 1.165) is 48.2 Å². The Hall–Kier alpha value is -2.73. The van der Waals surface area contributed by atoms with Crippen LogP contribution in [-0.2, 0) is 13.1 Å². The van der Waals surface area contributed by atoms with E-state index < -0.39 is 0 Å². The largest absolute Gasteiger partial charge is 0.359 e. The first-order valence-electron chi connectivity index (χ1n) is 9.03. The fourth-order valence-corrected chi connectivity index (χ4v) is 3.28. The Bertz CT molecular complexity index is 825. The first-order valence-corrected chi connectivity index (χ1v) is 9.03. The quantitative estimate of drug-likeness (QED) is 0.680. The highest BCUT2D eigenvalue weighted by Crippen LogP contribution is 2.20. The summed E-state index contributed by atoms with van der Waals surface area (Å²) in [4.78, 5) is 13.4. The minimum absolute atomic E-state index is 0.688. The van der Waals surface area contributed by atoms with Crippen LogP contribution >= 0.6 is 0 Å². The highest BCUT2D eigenvalue weighted by atomic mass is 16.5. The molecule has 0 saturated carbocycles. The van der Waals surface area contributed by atoms with Gasteiger partial charge in [-0.2, -0.15) is 0 Å². The average molecular weight is 349 g/mol. The molecular weight excluding hydrogens is 326 g/mol. The lowest BCUT2D eigenvalue weighted by molar-refractivity contribution is 0.266. The van der Waals surface area contributed by atoms with E-state index in [1.165, 1.54) is 12.8 Å². The summed E-state index contributed by atoms with van der Waals surface area (Å²) >= 11 is 0. The number of hydrogen-bond acceptors (Lipinski definition) is 6. The van der Waals surface area contributed by atoms with Crippen molar-refractivity contribution in [2.24, 2.45) is 0 Å². The standard InChI is InChI=1S/C20H23N5O/c1-24(14-16-12-21-20(22-13-16)25-9-5-6-10-25)15-18-11-19(23-26-18)17-7-3-2-4-8-17/h2-4,7-8,11-13H,5-6,9-10,14-15H2,1H3. The highest BCUT2D eigenvalue weighted by Gasteiger charge is 2.15. The molecule has 2 aromatic heterocycles. The van der Waals surface area contributed by atoms with Gasteiger partial charge < -0.3 is 9.42 Å². The summed E-state index contributed by atoms with van der Waals surface area (Å²) < 4.78 is 5.48. The van der Waals surface area contributed by atoms with Crippen LogP contribution in [0.2, 0.25) is 0 Å². The fourth-order valence-electron chi connectivity index (χ4n) is 3.28. The van der Waals surface area contributed by atoms with Crippen LogP contribution in [0.5, 0.6) is 0 Å². The second kappa shape index (κ2) is 7.66. The summed E-state index contributed by atoms with van der Waals surface area (Å²) in [5.74, 6) is 1.69. The Morgan fingerprint density at radius 2 is 1.77 bits per heavy atom. The molecule has 134 valence electrons. The number of nitrogens with zero attached hydrogens (tertiary/aromatic N) is 5. The van der Waals surface area contributed by atoms with Crippen molar-refractivity contribution in [1.29, 1.82) is 0 Å². The van der Waals surface area contributed by atoms with Gasteiger partial charge in [0.2, 0.25) is 5.95 Å². The number of benzene rings is 1. The molecule has 0 atom stereocenters. The summed E-state index contributed by atoms with van der Waals surface area (Å²) in [5, 5.41) is 4.17. The van der Waals surface area contributed by atoms with Gasteiger partial charge in [-0.15, -0.1) is 0 Å². The average Bonchev–Trinajstić information content (AvgIpc) is 3.35. The van der Waals surface area contributed by atoms with Crippen LogP contribution < -0.4 is 4.90 Å². The maximum Gasteiger partial charge on any atom is 0.225 e. The third-order valence-electron chi connectivity index (χ3n) is 4.59. The van der Waals surface area contributed by atoms with Gasteiger partial charge in [0.05, 0.1) is 6.54 Å². The molecular formula is C20H23N5O. The van der Waals surface area contributed by atoms with Crippen molar-refractivity contribution in [2.45, 2.75) is 25.9 Å². The van der Waals surface area contributed by atoms with Gasteiger partial charge in [0.1, 0.15) is 5.69 Å². The molecule has 0 radical (unpaired) electrons. The summed E-state index contributed by atoms with van der Waals surface area (Å²) in [6.07, 6.45) is 6.31. The molecule has 1 aliphatic heterocycles. The number of anilines is 1. The predicted molar refractivity (Wildman–Crippen MR) is 101 cm³/mol. The first kappa shape index (κ1) is 16.7. The van der Waals surface area contributed by atoms with Gasteiger partial charge in [0, 0.05) is 49.2 Å². The molecule has 1 aliphatic rings. The van der Waals surface area contributed by atoms with E-state index in [-0.39, 0.29) is 0 Å². The summed E-state index contributed by atoms with van der Waals surface area (Å²) in [5.41, 5.74) is 3.03. The number of hydrogen-bond donors (Lipinski definition) is 0. The maximum atomic E-state index is 5.48.